The first kappa shape index (κ1) is 17.9. The van der Waals surface area contributed by atoms with Crippen molar-refractivity contribution in [1.29, 1.82) is 0 Å². The van der Waals surface area contributed by atoms with Crippen LogP contribution in [0.25, 0.3) is 27.7 Å². The Hall–Kier alpha value is -4.12. The van der Waals surface area contributed by atoms with Gasteiger partial charge in [-0.2, -0.15) is 0 Å². The fraction of sp³-hybridized carbons (Fsp3) is 0.0400. The number of benzene rings is 3. The number of carbonyl (C=O) groups is 1. The third-order valence-electron chi connectivity index (χ3n) is 5.22. The number of fused-ring (bicyclic) bond motifs is 1. The van der Waals surface area contributed by atoms with Crippen LogP contribution in [0.2, 0.25) is 0 Å². The number of aromatic nitrogens is 3. The van der Waals surface area contributed by atoms with Gasteiger partial charge in [0, 0.05) is 30.0 Å². The van der Waals surface area contributed by atoms with Gasteiger partial charge in [-0.25, -0.2) is 9.78 Å². The number of hydrogen-bond donors (Lipinski definition) is 1. The summed E-state index contributed by atoms with van der Waals surface area (Å²) in [6.45, 7) is 0.558. The maximum Gasteiger partial charge on any atom is 0.356 e. The van der Waals surface area contributed by atoms with E-state index >= 15 is 0 Å². The molecule has 0 saturated carbocycles. The Labute approximate surface area is 173 Å². The summed E-state index contributed by atoms with van der Waals surface area (Å²) >= 11 is 0. The lowest BCUT2D eigenvalue weighted by Gasteiger charge is -2.10. The van der Waals surface area contributed by atoms with E-state index in [0.717, 1.165) is 16.8 Å². The van der Waals surface area contributed by atoms with Crippen LogP contribution in [-0.4, -0.2) is 25.2 Å². The van der Waals surface area contributed by atoms with Crippen molar-refractivity contribution >= 4 is 16.9 Å². The van der Waals surface area contributed by atoms with Crippen LogP contribution in [0.4, 0.5) is 0 Å². The summed E-state index contributed by atoms with van der Waals surface area (Å²) in [6.07, 6.45) is 5.19. The largest absolute Gasteiger partial charge is 0.476 e. The SMILES string of the molecule is O=C(O)c1cn(Cc2cccc(-n3ccc4c(-c5ccccc5)cccc43)c2)cn1. The summed E-state index contributed by atoms with van der Waals surface area (Å²) in [6, 6.07) is 27.2. The summed E-state index contributed by atoms with van der Waals surface area (Å²) in [4.78, 5) is 15.0. The zero-order chi connectivity index (χ0) is 20.5. The van der Waals surface area contributed by atoms with Gasteiger partial charge in [-0.15, -0.1) is 0 Å². The first-order valence-corrected chi connectivity index (χ1v) is 9.69. The Morgan fingerprint density at radius 1 is 0.933 bits per heavy atom. The minimum Gasteiger partial charge on any atom is -0.476 e. The van der Waals surface area contributed by atoms with E-state index in [1.54, 1.807) is 17.1 Å². The van der Waals surface area contributed by atoms with Gasteiger partial charge in [-0.1, -0.05) is 54.6 Å². The maximum atomic E-state index is 11.1. The van der Waals surface area contributed by atoms with Crippen molar-refractivity contribution in [2.75, 3.05) is 0 Å². The summed E-state index contributed by atoms with van der Waals surface area (Å²) in [7, 11) is 0. The monoisotopic (exact) mass is 393 g/mol. The summed E-state index contributed by atoms with van der Waals surface area (Å²) in [5.41, 5.74) is 5.74. The third kappa shape index (κ3) is 3.26. The van der Waals surface area contributed by atoms with Gasteiger partial charge in [-0.3, -0.25) is 0 Å². The predicted octanol–water partition coefficient (Wildman–Crippen LogP) is 5.24. The van der Waals surface area contributed by atoms with E-state index in [-0.39, 0.29) is 5.69 Å². The Bertz CT molecular complexity index is 1350. The maximum absolute atomic E-state index is 11.1. The lowest BCUT2D eigenvalue weighted by atomic mass is 10.0. The van der Waals surface area contributed by atoms with Crippen LogP contribution in [0.1, 0.15) is 16.1 Å². The molecule has 5 rings (SSSR count). The topological polar surface area (TPSA) is 60.0 Å². The molecule has 1 N–H and O–H groups in total. The van der Waals surface area contributed by atoms with E-state index in [1.807, 2.05) is 18.2 Å². The molecule has 0 bridgehead atoms. The molecular weight excluding hydrogens is 374 g/mol. The van der Waals surface area contributed by atoms with Crippen LogP contribution in [-0.2, 0) is 6.54 Å². The van der Waals surface area contributed by atoms with Gasteiger partial charge in [0.2, 0.25) is 0 Å². The van der Waals surface area contributed by atoms with E-state index in [9.17, 15) is 4.79 Å². The number of carboxylic acids is 1. The van der Waals surface area contributed by atoms with Crippen molar-refractivity contribution in [2.45, 2.75) is 6.54 Å². The molecule has 30 heavy (non-hydrogen) atoms. The van der Waals surface area contributed by atoms with Crippen LogP contribution in [0.5, 0.6) is 0 Å². The first-order valence-electron chi connectivity index (χ1n) is 9.69. The van der Waals surface area contributed by atoms with Gasteiger partial charge in [0.1, 0.15) is 0 Å². The molecule has 3 aromatic carbocycles. The van der Waals surface area contributed by atoms with Crippen LogP contribution in [0.3, 0.4) is 0 Å². The van der Waals surface area contributed by atoms with Crippen molar-refractivity contribution < 1.29 is 9.90 Å². The molecule has 146 valence electrons. The molecule has 0 aliphatic carbocycles. The molecule has 0 aliphatic heterocycles. The highest BCUT2D eigenvalue weighted by Crippen LogP contribution is 2.31. The Kier molecular flexibility index (Phi) is 4.41. The molecular formula is C25H19N3O2. The minimum absolute atomic E-state index is 0.0519. The normalized spacial score (nSPS) is 11.1. The second-order valence-electron chi connectivity index (χ2n) is 7.20. The standard InChI is InChI=1S/C25H19N3O2/c29-25(30)23-16-27(17-26-23)15-18-6-4-9-20(14-18)28-13-12-22-21(10-5-11-24(22)28)19-7-2-1-3-8-19/h1-14,16-17H,15H2,(H,29,30). The molecule has 0 saturated heterocycles. The summed E-state index contributed by atoms with van der Waals surface area (Å²) in [5.74, 6) is -1.02. The molecule has 0 unspecified atom stereocenters. The number of rotatable bonds is 5. The fourth-order valence-corrected chi connectivity index (χ4v) is 3.83. The van der Waals surface area contributed by atoms with Gasteiger partial charge in [0.25, 0.3) is 0 Å². The van der Waals surface area contributed by atoms with Crippen LogP contribution in [0, 0.1) is 0 Å². The quantitative estimate of drug-likeness (QED) is 0.444. The Balaban J connectivity index is 1.51. The van der Waals surface area contributed by atoms with Crippen molar-refractivity contribution in [3.05, 3.63) is 109 Å². The highest BCUT2D eigenvalue weighted by Gasteiger charge is 2.10. The van der Waals surface area contributed by atoms with E-state index in [4.69, 9.17) is 5.11 Å². The molecule has 2 aromatic heterocycles. The number of aromatic carboxylic acids is 1. The fourth-order valence-electron chi connectivity index (χ4n) is 3.83. The molecule has 2 heterocycles. The molecule has 5 nitrogen and oxygen atoms in total. The smallest absolute Gasteiger partial charge is 0.356 e. The van der Waals surface area contributed by atoms with Crippen molar-refractivity contribution in [2.24, 2.45) is 0 Å². The molecule has 5 aromatic rings. The van der Waals surface area contributed by atoms with Crippen molar-refractivity contribution in [3.63, 3.8) is 0 Å². The zero-order valence-corrected chi connectivity index (χ0v) is 16.1. The Morgan fingerprint density at radius 2 is 1.77 bits per heavy atom. The lowest BCUT2D eigenvalue weighted by Crippen LogP contribution is -2.00. The van der Waals surface area contributed by atoms with Crippen molar-refractivity contribution in [3.8, 4) is 16.8 Å². The number of nitrogens with zero attached hydrogens (tertiary/aromatic N) is 3. The molecule has 0 fully saturated rings. The van der Waals surface area contributed by atoms with Gasteiger partial charge in [0.05, 0.1) is 11.8 Å². The highest BCUT2D eigenvalue weighted by atomic mass is 16.4. The highest BCUT2D eigenvalue weighted by molar-refractivity contribution is 5.96. The van der Waals surface area contributed by atoms with E-state index in [2.05, 4.69) is 76.4 Å². The average Bonchev–Trinajstić information content (AvgIpc) is 3.42. The third-order valence-corrected chi connectivity index (χ3v) is 5.22. The number of carboxylic acid groups (broad SMARTS) is 1. The van der Waals surface area contributed by atoms with Crippen molar-refractivity contribution in [1.82, 2.24) is 14.1 Å². The molecule has 0 amide bonds. The molecule has 0 radical (unpaired) electrons. The first-order chi connectivity index (χ1) is 14.7. The average molecular weight is 393 g/mol. The van der Waals surface area contributed by atoms with Gasteiger partial charge in [0.15, 0.2) is 5.69 Å². The number of hydrogen-bond acceptors (Lipinski definition) is 2. The van der Waals surface area contributed by atoms with Gasteiger partial charge >= 0.3 is 5.97 Å². The van der Waals surface area contributed by atoms with Gasteiger partial charge < -0.3 is 14.2 Å². The van der Waals surface area contributed by atoms with Crippen LogP contribution >= 0.6 is 0 Å². The molecule has 0 aliphatic rings. The lowest BCUT2D eigenvalue weighted by molar-refractivity contribution is 0.0691. The predicted molar refractivity (Wildman–Crippen MR) is 117 cm³/mol. The second-order valence-corrected chi connectivity index (χ2v) is 7.20. The molecule has 0 atom stereocenters. The summed E-state index contributed by atoms with van der Waals surface area (Å²) in [5, 5.41) is 10.3. The number of imidazole rings is 1. The van der Waals surface area contributed by atoms with Crippen LogP contribution < -0.4 is 0 Å². The second kappa shape index (κ2) is 7.37. The van der Waals surface area contributed by atoms with Crippen LogP contribution in [0.15, 0.2) is 97.6 Å². The minimum atomic E-state index is -1.02. The molecule has 5 heteroatoms. The Morgan fingerprint density at radius 3 is 2.57 bits per heavy atom. The van der Waals surface area contributed by atoms with Gasteiger partial charge in [-0.05, 0) is 41.0 Å². The van der Waals surface area contributed by atoms with E-state index in [1.165, 1.54) is 16.5 Å². The summed E-state index contributed by atoms with van der Waals surface area (Å²) < 4.78 is 3.96. The van der Waals surface area contributed by atoms with E-state index < -0.39 is 5.97 Å². The molecule has 0 spiro atoms. The zero-order valence-electron chi connectivity index (χ0n) is 16.1. The van der Waals surface area contributed by atoms with E-state index in [0.29, 0.717) is 6.54 Å².